The van der Waals surface area contributed by atoms with E-state index in [-0.39, 0.29) is 12.1 Å². The van der Waals surface area contributed by atoms with E-state index in [0.29, 0.717) is 41.2 Å². The van der Waals surface area contributed by atoms with Crippen LogP contribution < -0.4 is 10.6 Å². The lowest BCUT2D eigenvalue weighted by atomic mass is 9.94. The molecule has 0 radical (unpaired) electrons. The SMILES string of the molecule is CCOC(=O)c1c(NC(=S)Nc2cccc(C)c2)sc2c1C[C@@H](C(C)C)OC2. The molecule has 1 aliphatic heterocycles. The van der Waals surface area contributed by atoms with Crippen molar-refractivity contribution in [3.05, 3.63) is 45.8 Å². The molecule has 0 bridgehead atoms. The minimum atomic E-state index is -0.315. The van der Waals surface area contributed by atoms with Gasteiger partial charge >= 0.3 is 5.97 Å². The van der Waals surface area contributed by atoms with Crippen LogP contribution in [0.1, 0.15) is 47.1 Å². The van der Waals surface area contributed by atoms with Crippen LogP contribution in [0.25, 0.3) is 0 Å². The summed E-state index contributed by atoms with van der Waals surface area (Å²) >= 11 is 6.99. The molecule has 1 aromatic carbocycles. The first-order valence-corrected chi connectivity index (χ1v) is 10.7. The molecule has 2 heterocycles. The molecule has 1 aromatic heterocycles. The number of rotatable bonds is 5. The summed E-state index contributed by atoms with van der Waals surface area (Å²) in [5, 5.41) is 7.53. The van der Waals surface area contributed by atoms with Crippen molar-refractivity contribution in [1.82, 2.24) is 0 Å². The number of nitrogens with one attached hydrogen (secondary N) is 2. The number of benzene rings is 1. The lowest BCUT2D eigenvalue weighted by Crippen LogP contribution is -2.27. The molecule has 0 aliphatic carbocycles. The van der Waals surface area contributed by atoms with Crippen LogP contribution in [0.15, 0.2) is 24.3 Å². The van der Waals surface area contributed by atoms with Gasteiger partial charge in [0.2, 0.25) is 0 Å². The summed E-state index contributed by atoms with van der Waals surface area (Å²) in [6.07, 6.45) is 0.803. The molecule has 7 heteroatoms. The average Bonchev–Trinajstić information content (AvgIpc) is 2.98. The molecule has 0 saturated carbocycles. The van der Waals surface area contributed by atoms with E-state index < -0.39 is 0 Å². The number of hydrogen-bond donors (Lipinski definition) is 2. The van der Waals surface area contributed by atoms with E-state index in [1.54, 1.807) is 0 Å². The van der Waals surface area contributed by atoms with Crippen LogP contribution in [0, 0.1) is 12.8 Å². The maximum absolute atomic E-state index is 12.7. The molecule has 150 valence electrons. The first-order chi connectivity index (χ1) is 13.4. The average molecular weight is 419 g/mol. The Balaban J connectivity index is 1.85. The Morgan fingerprint density at radius 1 is 1.39 bits per heavy atom. The molecule has 2 aromatic rings. The summed E-state index contributed by atoms with van der Waals surface area (Å²) < 4.78 is 11.3. The van der Waals surface area contributed by atoms with Crippen LogP contribution in [0.2, 0.25) is 0 Å². The highest BCUT2D eigenvalue weighted by Gasteiger charge is 2.31. The van der Waals surface area contributed by atoms with Crippen molar-refractivity contribution in [2.75, 3.05) is 17.2 Å². The van der Waals surface area contributed by atoms with Gasteiger partial charge in [-0.05, 0) is 55.2 Å². The Morgan fingerprint density at radius 2 is 2.18 bits per heavy atom. The highest BCUT2D eigenvalue weighted by atomic mass is 32.1. The van der Waals surface area contributed by atoms with E-state index in [4.69, 9.17) is 21.7 Å². The zero-order valence-electron chi connectivity index (χ0n) is 16.6. The van der Waals surface area contributed by atoms with Gasteiger partial charge in [-0.1, -0.05) is 26.0 Å². The van der Waals surface area contributed by atoms with E-state index >= 15 is 0 Å². The second kappa shape index (κ2) is 9.03. The van der Waals surface area contributed by atoms with Crippen molar-refractivity contribution >= 4 is 45.3 Å². The van der Waals surface area contributed by atoms with Crippen molar-refractivity contribution < 1.29 is 14.3 Å². The Kier molecular flexibility index (Phi) is 6.69. The number of esters is 1. The fourth-order valence-electron chi connectivity index (χ4n) is 3.21. The smallest absolute Gasteiger partial charge is 0.341 e. The second-order valence-corrected chi connectivity index (χ2v) is 8.69. The summed E-state index contributed by atoms with van der Waals surface area (Å²) in [7, 11) is 0. The van der Waals surface area contributed by atoms with Gasteiger partial charge in [0.05, 0.1) is 24.9 Å². The van der Waals surface area contributed by atoms with Gasteiger partial charge in [0.1, 0.15) is 5.00 Å². The van der Waals surface area contributed by atoms with Crippen molar-refractivity contribution in [3.63, 3.8) is 0 Å². The van der Waals surface area contributed by atoms with E-state index in [1.165, 1.54) is 11.3 Å². The van der Waals surface area contributed by atoms with Gasteiger partial charge in [0.15, 0.2) is 5.11 Å². The minimum absolute atomic E-state index is 0.0977. The molecule has 1 atom stereocenters. The number of hydrogen-bond acceptors (Lipinski definition) is 5. The van der Waals surface area contributed by atoms with Crippen molar-refractivity contribution in [3.8, 4) is 0 Å². The number of thiophene rings is 1. The van der Waals surface area contributed by atoms with Crippen LogP contribution >= 0.6 is 23.6 Å². The summed E-state index contributed by atoms with van der Waals surface area (Å²) in [4.78, 5) is 13.8. The first-order valence-electron chi connectivity index (χ1n) is 9.47. The van der Waals surface area contributed by atoms with Crippen LogP contribution in [0.4, 0.5) is 10.7 Å². The van der Waals surface area contributed by atoms with Crippen molar-refractivity contribution in [1.29, 1.82) is 0 Å². The zero-order valence-corrected chi connectivity index (χ0v) is 18.3. The molecule has 0 saturated heterocycles. The van der Waals surface area contributed by atoms with Crippen LogP contribution in [0.3, 0.4) is 0 Å². The minimum Gasteiger partial charge on any atom is -0.462 e. The number of fused-ring (bicyclic) bond motifs is 1. The highest BCUT2D eigenvalue weighted by Crippen LogP contribution is 2.39. The van der Waals surface area contributed by atoms with Gasteiger partial charge in [-0.15, -0.1) is 11.3 Å². The molecule has 1 aliphatic rings. The summed E-state index contributed by atoms with van der Waals surface area (Å²) in [5.41, 5.74) is 3.65. The number of aryl methyl sites for hydroxylation is 1. The maximum atomic E-state index is 12.7. The van der Waals surface area contributed by atoms with Gasteiger partial charge in [-0.25, -0.2) is 4.79 Å². The van der Waals surface area contributed by atoms with Crippen LogP contribution in [0.5, 0.6) is 0 Å². The quantitative estimate of drug-likeness (QED) is 0.518. The normalized spacial score (nSPS) is 15.8. The van der Waals surface area contributed by atoms with E-state index in [0.717, 1.165) is 21.7 Å². The molecular formula is C21H26N2O3S2. The summed E-state index contributed by atoms with van der Waals surface area (Å²) in [5.74, 6) is 0.0637. The Bertz CT molecular complexity index is 877. The lowest BCUT2D eigenvalue weighted by Gasteiger charge is -2.26. The number of carbonyl (C=O) groups excluding carboxylic acids is 1. The molecule has 0 unspecified atom stereocenters. The van der Waals surface area contributed by atoms with Gasteiger partial charge in [-0.3, -0.25) is 0 Å². The maximum Gasteiger partial charge on any atom is 0.341 e. The molecule has 3 rings (SSSR count). The Morgan fingerprint density at radius 3 is 2.86 bits per heavy atom. The third-order valence-electron chi connectivity index (χ3n) is 4.65. The molecule has 5 nitrogen and oxygen atoms in total. The van der Waals surface area contributed by atoms with E-state index in [1.807, 2.05) is 38.1 Å². The second-order valence-electron chi connectivity index (χ2n) is 7.17. The Labute approximate surface area is 175 Å². The van der Waals surface area contributed by atoms with Crippen molar-refractivity contribution in [2.24, 2.45) is 5.92 Å². The molecule has 0 fully saturated rings. The standard InChI is InChI=1S/C21H26N2O3S2/c1-5-25-20(24)18-15-10-16(12(2)3)26-11-17(15)28-19(18)23-21(27)22-14-8-6-7-13(4)9-14/h6-9,12,16H,5,10-11H2,1-4H3,(H2,22,23,27)/t16-/m0/s1. The monoisotopic (exact) mass is 418 g/mol. The molecule has 0 amide bonds. The lowest BCUT2D eigenvalue weighted by molar-refractivity contribution is 0.00124. The van der Waals surface area contributed by atoms with Gasteiger partial charge in [0, 0.05) is 17.0 Å². The largest absolute Gasteiger partial charge is 0.462 e. The number of ether oxygens (including phenoxy) is 2. The predicted molar refractivity (Wildman–Crippen MR) is 118 cm³/mol. The van der Waals surface area contributed by atoms with Gasteiger partial charge < -0.3 is 20.1 Å². The fourth-order valence-corrected chi connectivity index (χ4v) is 4.64. The molecule has 0 spiro atoms. The zero-order chi connectivity index (χ0) is 20.3. The first kappa shape index (κ1) is 20.8. The Hall–Kier alpha value is -1.96. The fraction of sp³-hybridized carbons (Fsp3) is 0.429. The van der Waals surface area contributed by atoms with Crippen LogP contribution in [-0.4, -0.2) is 23.8 Å². The van der Waals surface area contributed by atoms with E-state index in [2.05, 4.69) is 24.5 Å². The molecular weight excluding hydrogens is 392 g/mol. The van der Waals surface area contributed by atoms with Crippen LogP contribution in [-0.2, 0) is 22.5 Å². The third kappa shape index (κ3) is 4.71. The number of thiocarbonyl (C=S) groups is 1. The topological polar surface area (TPSA) is 59.6 Å². The number of carbonyl (C=O) groups is 1. The third-order valence-corrected chi connectivity index (χ3v) is 5.98. The predicted octanol–water partition coefficient (Wildman–Crippen LogP) is 5.14. The van der Waals surface area contributed by atoms with E-state index in [9.17, 15) is 4.79 Å². The molecule has 2 N–H and O–H groups in total. The van der Waals surface area contributed by atoms with Crippen molar-refractivity contribution in [2.45, 2.75) is 46.8 Å². The summed E-state index contributed by atoms with van der Waals surface area (Å²) in [6, 6.07) is 7.96. The highest BCUT2D eigenvalue weighted by molar-refractivity contribution is 7.80. The van der Waals surface area contributed by atoms with Gasteiger partial charge in [-0.2, -0.15) is 0 Å². The van der Waals surface area contributed by atoms with Gasteiger partial charge in [0.25, 0.3) is 0 Å². The summed E-state index contributed by atoms with van der Waals surface area (Å²) in [6.45, 7) is 8.94. The number of anilines is 2. The molecule has 28 heavy (non-hydrogen) atoms.